The van der Waals surface area contributed by atoms with E-state index < -0.39 is 5.41 Å². The standard InChI is InChI=1S/C27H34N2O3/c1-28-26(31)27(15-16-29(19-27)25(30)17-20-7-3-4-8-20)18-21-11-13-22(14-12-21)23-9-5-6-10-24(23)32-2/h5-6,9-14,20H,3-4,7-8,15-19H2,1-2H3,(H,28,31). The number of para-hydroxylation sites is 1. The number of amides is 2. The molecule has 0 aromatic heterocycles. The van der Waals surface area contributed by atoms with Crippen LogP contribution in [0.15, 0.2) is 48.5 Å². The molecule has 0 radical (unpaired) electrons. The predicted molar refractivity (Wildman–Crippen MR) is 126 cm³/mol. The van der Waals surface area contributed by atoms with Crippen molar-refractivity contribution < 1.29 is 14.3 Å². The summed E-state index contributed by atoms with van der Waals surface area (Å²) in [7, 11) is 3.37. The number of likely N-dealkylation sites (tertiary alicyclic amines) is 1. The van der Waals surface area contributed by atoms with Crippen molar-refractivity contribution in [3.8, 4) is 16.9 Å². The minimum atomic E-state index is -0.563. The number of carbonyl (C=O) groups excluding carboxylic acids is 2. The lowest BCUT2D eigenvalue weighted by molar-refractivity contribution is -0.133. The summed E-state index contributed by atoms with van der Waals surface area (Å²) in [5.41, 5.74) is 2.68. The van der Waals surface area contributed by atoms with Gasteiger partial charge in [-0.15, -0.1) is 0 Å². The number of methoxy groups -OCH3 is 1. The van der Waals surface area contributed by atoms with Crippen molar-refractivity contribution in [1.82, 2.24) is 10.2 Å². The Kier molecular flexibility index (Phi) is 6.83. The van der Waals surface area contributed by atoms with E-state index in [0.717, 1.165) is 22.4 Å². The Morgan fingerprint density at radius 2 is 1.81 bits per heavy atom. The fourth-order valence-electron chi connectivity index (χ4n) is 5.43. The first kappa shape index (κ1) is 22.4. The van der Waals surface area contributed by atoms with Crippen LogP contribution in [-0.4, -0.2) is 44.0 Å². The van der Waals surface area contributed by atoms with E-state index in [1.54, 1.807) is 14.2 Å². The zero-order chi connectivity index (χ0) is 22.6. The molecule has 0 bridgehead atoms. The Balaban J connectivity index is 1.48. The Hall–Kier alpha value is -2.82. The van der Waals surface area contributed by atoms with E-state index in [0.29, 0.717) is 38.3 Å². The summed E-state index contributed by atoms with van der Waals surface area (Å²) in [4.78, 5) is 27.8. The highest BCUT2D eigenvalue weighted by atomic mass is 16.5. The van der Waals surface area contributed by atoms with Gasteiger partial charge in [-0.3, -0.25) is 9.59 Å². The van der Waals surface area contributed by atoms with Crippen molar-refractivity contribution in [1.29, 1.82) is 0 Å². The van der Waals surface area contributed by atoms with Crippen LogP contribution in [0, 0.1) is 11.3 Å². The van der Waals surface area contributed by atoms with Gasteiger partial charge < -0.3 is 15.0 Å². The van der Waals surface area contributed by atoms with Gasteiger partial charge in [-0.1, -0.05) is 55.3 Å². The Morgan fingerprint density at radius 1 is 1.09 bits per heavy atom. The van der Waals surface area contributed by atoms with Crippen molar-refractivity contribution in [2.75, 3.05) is 27.2 Å². The summed E-state index contributed by atoms with van der Waals surface area (Å²) in [6.45, 7) is 1.17. The summed E-state index contributed by atoms with van der Waals surface area (Å²) in [5, 5.41) is 2.86. The molecule has 1 heterocycles. The lowest BCUT2D eigenvalue weighted by Gasteiger charge is -2.28. The maximum Gasteiger partial charge on any atom is 0.228 e. The number of hydrogen-bond donors (Lipinski definition) is 1. The second kappa shape index (κ2) is 9.76. The van der Waals surface area contributed by atoms with E-state index in [4.69, 9.17) is 4.74 Å². The van der Waals surface area contributed by atoms with E-state index in [1.807, 2.05) is 29.2 Å². The maximum absolute atomic E-state index is 13.0. The van der Waals surface area contributed by atoms with Gasteiger partial charge in [0.25, 0.3) is 0 Å². The summed E-state index contributed by atoms with van der Waals surface area (Å²) >= 11 is 0. The van der Waals surface area contributed by atoms with Crippen molar-refractivity contribution in [2.45, 2.75) is 44.9 Å². The Labute approximate surface area is 191 Å². The predicted octanol–water partition coefficient (Wildman–Crippen LogP) is 4.45. The Morgan fingerprint density at radius 3 is 2.50 bits per heavy atom. The van der Waals surface area contributed by atoms with E-state index in [2.05, 4.69) is 29.6 Å². The van der Waals surface area contributed by atoms with Gasteiger partial charge in [0.1, 0.15) is 5.75 Å². The molecule has 32 heavy (non-hydrogen) atoms. The summed E-state index contributed by atoms with van der Waals surface area (Å²) < 4.78 is 5.49. The van der Waals surface area contributed by atoms with Crippen LogP contribution in [0.1, 0.15) is 44.1 Å². The number of carbonyl (C=O) groups is 2. The first-order chi connectivity index (χ1) is 15.5. The van der Waals surface area contributed by atoms with E-state index in [-0.39, 0.29) is 11.8 Å². The van der Waals surface area contributed by atoms with Crippen LogP contribution in [0.3, 0.4) is 0 Å². The highest BCUT2D eigenvalue weighted by Gasteiger charge is 2.45. The van der Waals surface area contributed by atoms with Gasteiger partial charge in [0.15, 0.2) is 0 Å². The molecule has 1 aliphatic carbocycles. The van der Waals surface area contributed by atoms with Crippen LogP contribution in [0.25, 0.3) is 11.1 Å². The first-order valence-electron chi connectivity index (χ1n) is 11.8. The third-order valence-electron chi connectivity index (χ3n) is 7.27. The largest absolute Gasteiger partial charge is 0.496 e. The van der Waals surface area contributed by atoms with E-state index in [9.17, 15) is 9.59 Å². The minimum Gasteiger partial charge on any atom is -0.496 e. The highest BCUT2D eigenvalue weighted by molar-refractivity contribution is 5.85. The minimum absolute atomic E-state index is 0.0301. The van der Waals surface area contributed by atoms with Crippen LogP contribution in [0.5, 0.6) is 5.75 Å². The lowest BCUT2D eigenvalue weighted by Crippen LogP contribution is -2.44. The van der Waals surface area contributed by atoms with Crippen LogP contribution >= 0.6 is 0 Å². The third kappa shape index (κ3) is 4.67. The molecule has 2 fully saturated rings. The molecule has 5 nitrogen and oxygen atoms in total. The zero-order valence-electron chi connectivity index (χ0n) is 19.2. The fraction of sp³-hybridized carbons (Fsp3) is 0.481. The first-order valence-corrected chi connectivity index (χ1v) is 11.8. The topological polar surface area (TPSA) is 58.6 Å². The lowest BCUT2D eigenvalue weighted by atomic mass is 9.79. The van der Waals surface area contributed by atoms with Crippen molar-refractivity contribution in [3.63, 3.8) is 0 Å². The Bertz CT molecular complexity index is 950. The second-order valence-electron chi connectivity index (χ2n) is 9.35. The average Bonchev–Trinajstić information content (AvgIpc) is 3.50. The maximum atomic E-state index is 13.0. The number of rotatable bonds is 7. The zero-order valence-corrected chi connectivity index (χ0v) is 19.2. The molecular formula is C27H34N2O3. The SMILES string of the molecule is CNC(=O)C1(Cc2ccc(-c3ccccc3OC)cc2)CCN(C(=O)CC2CCCC2)C1. The van der Waals surface area contributed by atoms with Crippen LogP contribution < -0.4 is 10.1 Å². The fourth-order valence-corrected chi connectivity index (χ4v) is 5.43. The number of nitrogens with zero attached hydrogens (tertiary/aromatic N) is 1. The third-order valence-corrected chi connectivity index (χ3v) is 7.27. The van der Waals surface area contributed by atoms with Gasteiger partial charge in [0, 0.05) is 32.1 Å². The van der Waals surface area contributed by atoms with Crippen molar-refractivity contribution in [2.24, 2.45) is 11.3 Å². The average molecular weight is 435 g/mol. The monoisotopic (exact) mass is 434 g/mol. The summed E-state index contributed by atoms with van der Waals surface area (Å²) in [5.74, 6) is 1.62. The molecule has 2 aromatic rings. The molecule has 1 unspecified atom stereocenters. The van der Waals surface area contributed by atoms with Crippen LogP contribution in [0.4, 0.5) is 0 Å². The number of benzene rings is 2. The normalized spacial score (nSPS) is 21.0. The molecule has 2 amide bonds. The van der Waals surface area contributed by atoms with Gasteiger partial charge in [-0.05, 0) is 48.8 Å². The number of ether oxygens (including phenoxy) is 1. The van der Waals surface area contributed by atoms with Gasteiger partial charge in [0.05, 0.1) is 12.5 Å². The van der Waals surface area contributed by atoms with Gasteiger partial charge in [-0.25, -0.2) is 0 Å². The van der Waals surface area contributed by atoms with Crippen molar-refractivity contribution >= 4 is 11.8 Å². The van der Waals surface area contributed by atoms with Crippen LogP contribution in [-0.2, 0) is 16.0 Å². The smallest absolute Gasteiger partial charge is 0.228 e. The van der Waals surface area contributed by atoms with E-state index in [1.165, 1.54) is 25.7 Å². The molecule has 1 N–H and O–H groups in total. The highest BCUT2D eigenvalue weighted by Crippen LogP contribution is 2.37. The van der Waals surface area contributed by atoms with E-state index >= 15 is 0 Å². The quantitative estimate of drug-likeness (QED) is 0.700. The van der Waals surface area contributed by atoms with Crippen molar-refractivity contribution in [3.05, 3.63) is 54.1 Å². The molecule has 2 aromatic carbocycles. The molecular weight excluding hydrogens is 400 g/mol. The molecule has 0 spiro atoms. The van der Waals surface area contributed by atoms with Gasteiger partial charge >= 0.3 is 0 Å². The number of nitrogens with one attached hydrogen (secondary N) is 1. The molecule has 1 saturated heterocycles. The molecule has 170 valence electrons. The molecule has 4 rings (SSSR count). The molecule has 1 atom stereocenters. The van der Waals surface area contributed by atoms with Gasteiger partial charge in [-0.2, -0.15) is 0 Å². The number of hydrogen-bond acceptors (Lipinski definition) is 3. The molecule has 1 aliphatic heterocycles. The molecule has 1 saturated carbocycles. The summed E-state index contributed by atoms with van der Waals surface area (Å²) in [6, 6.07) is 16.3. The molecule has 5 heteroatoms. The van der Waals surface area contributed by atoms with Gasteiger partial charge in [0.2, 0.25) is 11.8 Å². The second-order valence-corrected chi connectivity index (χ2v) is 9.35. The molecule has 2 aliphatic rings. The summed E-state index contributed by atoms with van der Waals surface area (Å²) in [6.07, 6.45) is 6.79. The van der Waals surface area contributed by atoms with Crippen LogP contribution in [0.2, 0.25) is 0 Å².